The Morgan fingerprint density at radius 3 is 2.22 bits per heavy atom. The molecule has 2 heterocycles. The zero-order chi connectivity index (χ0) is 33.4. The molecule has 0 spiro atoms. The molecule has 1 saturated heterocycles. The zero-order valence-corrected chi connectivity index (χ0v) is 25.0. The molecular formula is C32H38O14. The first-order valence-electron chi connectivity index (χ1n) is 14.6. The Hall–Kier alpha value is -4.18. The van der Waals surface area contributed by atoms with Gasteiger partial charge in [-0.05, 0) is 42.3 Å². The second kappa shape index (κ2) is 15.9. The summed E-state index contributed by atoms with van der Waals surface area (Å²) in [7, 11) is 0. The predicted octanol–water partition coefficient (Wildman–Crippen LogP) is 0.684. The van der Waals surface area contributed by atoms with E-state index in [1.165, 1.54) is 24.3 Å². The van der Waals surface area contributed by atoms with Crippen LogP contribution in [0.5, 0.6) is 17.2 Å². The number of carbonyl (C=O) groups is 2. The van der Waals surface area contributed by atoms with Crippen LogP contribution in [0.15, 0.2) is 65.9 Å². The highest BCUT2D eigenvalue weighted by atomic mass is 16.8. The minimum Gasteiger partial charge on any atom is -0.508 e. The van der Waals surface area contributed by atoms with E-state index in [0.29, 0.717) is 12.0 Å². The Balaban J connectivity index is 1.47. The maximum atomic E-state index is 13.2. The minimum absolute atomic E-state index is 0.0203. The molecule has 7 atom stereocenters. The molecule has 0 amide bonds. The number of rotatable bonds is 12. The first-order chi connectivity index (χ1) is 22.0. The first-order valence-corrected chi connectivity index (χ1v) is 14.6. The second-order valence-corrected chi connectivity index (χ2v) is 10.8. The van der Waals surface area contributed by atoms with Gasteiger partial charge in [0.25, 0.3) is 0 Å². The quantitative estimate of drug-likeness (QED) is 0.0958. The Labute approximate surface area is 264 Å². The van der Waals surface area contributed by atoms with Gasteiger partial charge in [-0.15, -0.1) is 0 Å². The van der Waals surface area contributed by atoms with E-state index in [2.05, 4.69) is 0 Å². The van der Waals surface area contributed by atoms with Crippen molar-refractivity contribution < 1.29 is 69.0 Å². The van der Waals surface area contributed by atoms with E-state index >= 15 is 0 Å². The molecule has 14 heteroatoms. The van der Waals surface area contributed by atoms with Gasteiger partial charge in [0.2, 0.25) is 6.29 Å². The number of benzene rings is 2. The Bertz CT molecular complexity index is 1400. The number of phenolic OH excluding ortho intramolecular Hbond substituents is 3. The van der Waals surface area contributed by atoms with E-state index in [1.54, 1.807) is 31.2 Å². The van der Waals surface area contributed by atoms with Crippen molar-refractivity contribution in [2.45, 2.75) is 63.2 Å². The maximum Gasteiger partial charge on any atom is 0.337 e. The van der Waals surface area contributed by atoms with E-state index < -0.39 is 61.5 Å². The molecule has 250 valence electrons. The van der Waals surface area contributed by atoms with E-state index in [1.807, 2.05) is 0 Å². The molecule has 1 fully saturated rings. The molecule has 46 heavy (non-hydrogen) atoms. The lowest BCUT2D eigenvalue weighted by atomic mass is 9.86. The third kappa shape index (κ3) is 8.54. The number of aromatic hydroxyl groups is 3. The number of hydrogen-bond acceptors (Lipinski definition) is 14. The standard InChI is InChI=1S/C32H38O14/c1-2-20-21(14-26(37)42-11-10-18-5-8-23(35)24(36)13-18)22(30(41)43-12-9-17-3-6-19(34)7-4-17)16-44-31(20)46-32-29(40)28(39)27(38)25(15-33)45-32/h2-8,13,16,21,25,27-29,31-36,38-40H,9-12,14-15H2,1H3. The highest BCUT2D eigenvalue weighted by Crippen LogP contribution is 2.36. The van der Waals surface area contributed by atoms with Crippen LogP contribution in [0.25, 0.3) is 0 Å². The average Bonchev–Trinajstić information content (AvgIpc) is 3.04. The van der Waals surface area contributed by atoms with Gasteiger partial charge in [-0.3, -0.25) is 4.79 Å². The van der Waals surface area contributed by atoms with Crippen molar-refractivity contribution in [3.05, 3.63) is 77.1 Å². The average molecular weight is 647 g/mol. The van der Waals surface area contributed by atoms with E-state index in [0.717, 1.165) is 11.8 Å². The van der Waals surface area contributed by atoms with Gasteiger partial charge >= 0.3 is 11.9 Å². The Kier molecular flexibility index (Phi) is 12.0. The summed E-state index contributed by atoms with van der Waals surface area (Å²) in [5.74, 6) is -2.94. The number of phenols is 3. The van der Waals surface area contributed by atoms with Crippen LogP contribution in [0, 0.1) is 5.92 Å². The van der Waals surface area contributed by atoms with Gasteiger partial charge in [-0.25, -0.2) is 4.79 Å². The summed E-state index contributed by atoms with van der Waals surface area (Å²) in [5.41, 5.74) is 1.66. The van der Waals surface area contributed by atoms with Crippen molar-refractivity contribution in [3.63, 3.8) is 0 Å². The molecule has 2 aliphatic heterocycles. The molecule has 14 nitrogen and oxygen atoms in total. The number of hydrogen-bond donors (Lipinski definition) is 7. The van der Waals surface area contributed by atoms with Crippen LogP contribution in [-0.4, -0.2) is 105 Å². The number of esters is 2. The second-order valence-electron chi connectivity index (χ2n) is 10.8. The summed E-state index contributed by atoms with van der Waals surface area (Å²) in [6, 6.07) is 10.6. The van der Waals surface area contributed by atoms with Gasteiger partial charge in [-0.1, -0.05) is 24.3 Å². The Morgan fingerprint density at radius 2 is 1.54 bits per heavy atom. The summed E-state index contributed by atoms with van der Waals surface area (Å²) in [6.45, 7) is 0.841. The van der Waals surface area contributed by atoms with E-state index in [-0.39, 0.29) is 54.5 Å². The smallest absolute Gasteiger partial charge is 0.337 e. The molecule has 7 unspecified atom stereocenters. The number of allylic oxidation sites excluding steroid dienone is 1. The van der Waals surface area contributed by atoms with Gasteiger partial charge < -0.3 is 59.4 Å². The van der Waals surface area contributed by atoms with Gasteiger partial charge in [0.05, 0.1) is 38.1 Å². The fraction of sp³-hybridized carbons (Fsp3) is 0.438. The maximum absolute atomic E-state index is 13.2. The third-order valence-corrected chi connectivity index (χ3v) is 7.67. The molecular weight excluding hydrogens is 608 g/mol. The molecule has 0 aromatic heterocycles. The molecule has 0 radical (unpaired) electrons. The highest BCUT2D eigenvalue weighted by molar-refractivity contribution is 5.91. The van der Waals surface area contributed by atoms with Crippen molar-refractivity contribution in [2.75, 3.05) is 19.8 Å². The van der Waals surface area contributed by atoms with Gasteiger partial charge in [0.15, 0.2) is 17.8 Å². The molecule has 0 saturated carbocycles. The minimum atomic E-state index is -1.72. The molecule has 2 aromatic rings. The summed E-state index contributed by atoms with van der Waals surface area (Å²) in [6.07, 6.45) is -6.31. The van der Waals surface area contributed by atoms with Crippen LogP contribution in [-0.2, 0) is 46.1 Å². The monoisotopic (exact) mass is 646 g/mol. The molecule has 7 N–H and O–H groups in total. The molecule has 2 aliphatic rings. The fourth-order valence-electron chi connectivity index (χ4n) is 5.05. The lowest BCUT2D eigenvalue weighted by molar-refractivity contribution is -0.327. The third-order valence-electron chi connectivity index (χ3n) is 7.67. The van der Waals surface area contributed by atoms with E-state index in [4.69, 9.17) is 23.7 Å². The summed E-state index contributed by atoms with van der Waals surface area (Å²) < 4.78 is 27.8. The summed E-state index contributed by atoms with van der Waals surface area (Å²) in [4.78, 5) is 26.3. The topological polar surface area (TPSA) is 222 Å². The summed E-state index contributed by atoms with van der Waals surface area (Å²) >= 11 is 0. The molecule has 2 aromatic carbocycles. The fourth-order valence-corrected chi connectivity index (χ4v) is 5.05. The van der Waals surface area contributed by atoms with Crippen LogP contribution in [0.1, 0.15) is 24.5 Å². The summed E-state index contributed by atoms with van der Waals surface area (Å²) in [5, 5.41) is 69.0. The van der Waals surface area contributed by atoms with Gasteiger partial charge in [-0.2, -0.15) is 0 Å². The van der Waals surface area contributed by atoms with Crippen LogP contribution < -0.4 is 0 Å². The molecule has 0 aliphatic carbocycles. The van der Waals surface area contributed by atoms with Crippen molar-refractivity contribution >= 4 is 11.9 Å². The van der Waals surface area contributed by atoms with Crippen molar-refractivity contribution in [2.24, 2.45) is 5.92 Å². The van der Waals surface area contributed by atoms with Crippen molar-refractivity contribution in [3.8, 4) is 17.2 Å². The SMILES string of the molecule is CC=C1C(OC2OC(CO)C(O)C(O)C2O)OC=C(C(=O)OCCc2ccc(O)cc2)C1CC(=O)OCCc1ccc(O)c(O)c1. The van der Waals surface area contributed by atoms with E-state index in [9.17, 15) is 45.3 Å². The van der Waals surface area contributed by atoms with Crippen molar-refractivity contribution in [1.29, 1.82) is 0 Å². The number of ether oxygens (including phenoxy) is 5. The lowest BCUT2D eigenvalue weighted by Crippen LogP contribution is -2.60. The van der Waals surface area contributed by atoms with Crippen LogP contribution >= 0.6 is 0 Å². The Morgan fingerprint density at radius 1 is 0.870 bits per heavy atom. The lowest BCUT2D eigenvalue weighted by Gasteiger charge is -2.42. The normalized spacial score (nSPS) is 27.0. The van der Waals surface area contributed by atoms with Gasteiger partial charge in [0.1, 0.15) is 30.2 Å². The van der Waals surface area contributed by atoms with Crippen LogP contribution in [0.3, 0.4) is 0 Å². The van der Waals surface area contributed by atoms with Crippen LogP contribution in [0.2, 0.25) is 0 Å². The highest BCUT2D eigenvalue weighted by Gasteiger charge is 2.47. The first kappa shape index (κ1) is 34.7. The predicted molar refractivity (Wildman–Crippen MR) is 157 cm³/mol. The molecule has 4 rings (SSSR count). The largest absolute Gasteiger partial charge is 0.508 e. The number of aliphatic hydroxyl groups is 4. The molecule has 0 bridgehead atoms. The van der Waals surface area contributed by atoms with Gasteiger partial charge in [0, 0.05) is 24.3 Å². The number of aliphatic hydroxyl groups excluding tert-OH is 4. The zero-order valence-electron chi connectivity index (χ0n) is 25.0. The number of carbonyl (C=O) groups excluding carboxylic acids is 2. The van der Waals surface area contributed by atoms with Crippen LogP contribution in [0.4, 0.5) is 0 Å². The van der Waals surface area contributed by atoms with Crippen molar-refractivity contribution in [1.82, 2.24) is 0 Å².